The third-order valence-corrected chi connectivity index (χ3v) is 2.42. The fourth-order valence-corrected chi connectivity index (χ4v) is 1.72. The molecule has 0 spiro atoms. The molecule has 1 unspecified atom stereocenters. The first-order valence-corrected chi connectivity index (χ1v) is 5.36. The molecule has 2 rings (SSSR count). The molecule has 1 aromatic rings. The molecule has 0 radical (unpaired) electrons. The molecule has 17 heavy (non-hydrogen) atoms. The van der Waals surface area contributed by atoms with Gasteiger partial charge in [-0.15, -0.1) is 0 Å². The molecule has 1 N–H and O–H groups in total. The molecule has 1 aliphatic rings. The number of para-hydroxylation sites is 1. The van der Waals surface area contributed by atoms with Crippen LogP contribution in [-0.4, -0.2) is 24.7 Å². The van der Waals surface area contributed by atoms with Gasteiger partial charge in [-0.25, -0.2) is 4.79 Å². The maximum absolute atomic E-state index is 10.9. The van der Waals surface area contributed by atoms with Gasteiger partial charge in [0.2, 0.25) is 0 Å². The van der Waals surface area contributed by atoms with Gasteiger partial charge in [0.1, 0.15) is 11.9 Å². The van der Waals surface area contributed by atoms with Gasteiger partial charge in [0.15, 0.2) is 0 Å². The van der Waals surface area contributed by atoms with Crippen molar-refractivity contribution in [3.8, 4) is 5.75 Å². The first kappa shape index (κ1) is 11.4. The summed E-state index contributed by atoms with van der Waals surface area (Å²) in [7, 11) is 0. The summed E-state index contributed by atoms with van der Waals surface area (Å²) < 4.78 is 10.1. The number of carbonyl (C=O) groups is 2. The van der Waals surface area contributed by atoms with Crippen molar-refractivity contribution in [2.24, 2.45) is 0 Å². The molecule has 5 nitrogen and oxygen atoms in total. The SMILES string of the molecule is CC(=O)Oc1ccccc1CC1CNC(=O)O1. The molecule has 0 aromatic heterocycles. The van der Waals surface area contributed by atoms with E-state index in [1.54, 1.807) is 12.1 Å². The predicted octanol–water partition coefficient (Wildman–Crippen LogP) is 1.26. The van der Waals surface area contributed by atoms with Crippen molar-refractivity contribution in [3.63, 3.8) is 0 Å². The highest BCUT2D eigenvalue weighted by atomic mass is 16.6. The van der Waals surface area contributed by atoms with Crippen LogP contribution in [0.25, 0.3) is 0 Å². The highest BCUT2D eigenvalue weighted by Crippen LogP contribution is 2.21. The molecule has 1 atom stereocenters. The van der Waals surface area contributed by atoms with Gasteiger partial charge < -0.3 is 14.8 Å². The Labute approximate surface area is 98.7 Å². The highest BCUT2D eigenvalue weighted by molar-refractivity contribution is 5.70. The lowest BCUT2D eigenvalue weighted by Crippen LogP contribution is -2.17. The Kier molecular flexibility index (Phi) is 3.27. The number of ether oxygens (including phenoxy) is 2. The van der Waals surface area contributed by atoms with Gasteiger partial charge in [0, 0.05) is 13.3 Å². The van der Waals surface area contributed by atoms with E-state index >= 15 is 0 Å². The fourth-order valence-electron chi connectivity index (χ4n) is 1.72. The molecule has 0 saturated carbocycles. The summed E-state index contributed by atoms with van der Waals surface area (Å²) in [5.74, 6) is 0.155. The number of nitrogens with one attached hydrogen (secondary N) is 1. The van der Waals surface area contributed by atoms with Crippen LogP contribution in [0.4, 0.5) is 4.79 Å². The molecule has 1 aromatic carbocycles. The second-order valence-electron chi connectivity index (χ2n) is 3.81. The van der Waals surface area contributed by atoms with Crippen molar-refractivity contribution < 1.29 is 19.1 Å². The summed E-state index contributed by atoms with van der Waals surface area (Å²) in [5.41, 5.74) is 0.851. The Morgan fingerprint density at radius 1 is 1.53 bits per heavy atom. The third kappa shape index (κ3) is 2.96. The zero-order chi connectivity index (χ0) is 12.3. The van der Waals surface area contributed by atoms with Crippen LogP contribution in [0.1, 0.15) is 12.5 Å². The van der Waals surface area contributed by atoms with E-state index in [-0.39, 0.29) is 12.1 Å². The summed E-state index contributed by atoms with van der Waals surface area (Å²) in [5, 5.41) is 2.58. The first-order valence-electron chi connectivity index (χ1n) is 5.36. The zero-order valence-electron chi connectivity index (χ0n) is 9.43. The average molecular weight is 235 g/mol. The van der Waals surface area contributed by atoms with E-state index in [1.165, 1.54) is 6.92 Å². The number of amides is 1. The molecule has 90 valence electrons. The normalized spacial score (nSPS) is 18.4. The van der Waals surface area contributed by atoms with Crippen LogP contribution in [0.5, 0.6) is 5.75 Å². The van der Waals surface area contributed by atoms with Crippen molar-refractivity contribution in [2.45, 2.75) is 19.4 Å². The molecule has 1 heterocycles. The van der Waals surface area contributed by atoms with Crippen LogP contribution in [-0.2, 0) is 16.0 Å². The van der Waals surface area contributed by atoms with Crippen LogP contribution in [0.3, 0.4) is 0 Å². The predicted molar refractivity (Wildman–Crippen MR) is 59.7 cm³/mol. The standard InChI is InChI=1S/C12H13NO4/c1-8(14)16-11-5-3-2-4-9(11)6-10-7-13-12(15)17-10/h2-5,10H,6-7H2,1H3,(H,13,15). The number of alkyl carbamates (subject to hydrolysis) is 1. The summed E-state index contributed by atoms with van der Waals surface area (Å²) in [4.78, 5) is 21.8. The van der Waals surface area contributed by atoms with E-state index in [0.29, 0.717) is 18.7 Å². The number of rotatable bonds is 3. The Morgan fingerprint density at radius 3 is 2.94 bits per heavy atom. The molecule has 1 aliphatic heterocycles. The Morgan fingerprint density at radius 2 is 2.29 bits per heavy atom. The summed E-state index contributed by atoms with van der Waals surface area (Å²) >= 11 is 0. The van der Waals surface area contributed by atoms with Gasteiger partial charge in [0.05, 0.1) is 6.54 Å². The van der Waals surface area contributed by atoms with Gasteiger partial charge in [-0.2, -0.15) is 0 Å². The van der Waals surface area contributed by atoms with Crippen LogP contribution >= 0.6 is 0 Å². The summed E-state index contributed by atoms with van der Waals surface area (Å²) in [6, 6.07) is 7.22. The zero-order valence-corrected chi connectivity index (χ0v) is 9.43. The highest BCUT2D eigenvalue weighted by Gasteiger charge is 2.23. The maximum Gasteiger partial charge on any atom is 0.407 e. The van der Waals surface area contributed by atoms with Crippen molar-refractivity contribution >= 4 is 12.1 Å². The number of carbonyl (C=O) groups excluding carboxylic acids is 2. The van der Waals surface area contributed by atoms with E-state index < -0.39 is 6.09 Å². The van der Waals surface area contributed by atoms with Crippen LogP contribution in [0, 0.1) is 0 Å². The van der Waals surface area contributed by atoms with E-state index in [4.69, 9.17) is 9.47 Å². The Hall–Kier alpha value is -2.04. The monoisotopic (exact) mass is 235 g/mol. The van der Waals surface area contributed by atoms with Gasteiger partial charge in [-0.05, 0) is 11.6 Å². The quantitative estimate of drug-likeness (QED) is 0.632. The van der Waals surface area contributed by atoms with Gasteiger partial charge >= 0.3 is 12.1 Å². The Balaban J connectivity index is 2.09. The van der Waals surface area contributed by atoms with Gasteiger partial charge in [-0.3, -0.25) is 4.79 Å². The van der Waals surface area contributed by atoms with E-state index in [0.717, 1.165) is 5.56 Å². The molecule has 0 bridgehead atoms. The van der Waals surface area contributed by atoms with Crippen LogP contribution < -0.4 is 10.1 Å². The molecule has 1 saturated heterocycles. The van der Waals surface area contributed by atoms with Crippen molar-refractivity contribution in [1.29, 1.82) is 0 Å². The van der Waals surface area contributed by atoms with Crippen molar-refractivity contribution in [1.82, 2.24) is 5.32 Å². The largest absolute Gasteiger partial charge is 0.444 e. The topological polar surface area (TPSA) is 64.6 Å². The number of cyclic esters (lactones) is 1. The fraction of sp³-hybridized carbons (Fsp3) is 0.333. The number of esters is 1. The molecule has 1 amide bonds. The molecule has 0 aliphatic carbocycles. The second-order valence-corrected chi connectivity index (χ2v) is 3.81. The number of benzene rings is 1. The van der Waals surface area contributed by atoms with Crippen LogP contribution in [0.15, 0.2) is 24.3 Å². The van der Waals surface area contributed by atoms with Crippen LogP contribution in [0.2, 0.25) is 0 Å². The minimum atomic E-state index is -0.403. The minimum Gasteiger partial charge on any atom is -0.444 e. The molecular weight excluding hydrogens is 222 g/mol. The van der Waals surface area contributed by atoms with E-state index in [9.17, 15) is 9.59 Å². The molecule has 5 heteroatoms. The summed E-state index contributed by atoms with van der Waals surface area (Å²) in [6.45, 7) is 1.83. The van der Waals surface area contributed by atoms with Gasteiger partial charge in [0.25, 0.3) is 0 Å². The lowest BCUT2D eigenvalue weighted by Gasteiger charge is -2.11. The smallest absolute Gasteiger partial charge is 0.407 e. The average Bonchev–Trinajstić information content (AvgIpc) is 2.66. The summed E-state index contributed by atoms with van der Waals surface area (Å²) in [6.07, 6.45) is -0.0819. The lowest BCUT2D eigenvalue weighted by molar-refractivity contribution is -0.131. The van der Waals surface area contributed by atoms with E-state index in [1.807, 2.05) is 12.1 Å². The Bertz CT molecular complexity index is 444. The second kappa shape index (κ2) is 4.86. The third-order valence-electron chi connectivity index (χ3n) is 2.42. The number of hydrogen-bond acceptors (Lipinski definition) is 4. The van der Waals surface area contributed by atoms with Gasteiger partial charge in [-0.1, -0.05) is 18.2 Å². The molecule has 1 fully saturated rings. The number of hydrogen-bond donors (Lipinski definition) is 1. The molecular formula is C12H13NO4. The lowest BCUT2D eigenvalue weighted by atomic mass is 10.1. The first-order chi connectivity index (χ1) is 8.15. The van der Waals surface area contributed by atoms with Crippen molar-refractivity contribution in [2.75, 3.05) is 6.54 Å². The van der Waals surface area contributed by atoms with Crippen molar-refractivity contribution in [3.05, 3.63) is 29.8 Å². The minimum absolute atomic E-state index is 0.209. The maximum atomic E-state index is 10.9. The van der Waals surface area contributed by atoms with E-state index in [2.05, 4.69) is 5.32 Å².